The van der Waals surface area contributed by atoms with Crippen LogP contribution in [0, 0.1) is 0 Å². The second kappa shape index (κ2) is 9.41. The van der Waals surface area contributed by atoms with Gasteiger partial charge in [-0.25, -0.2) is 0 Å². The molecule has 6 heteroatoms. The lowest BCUT2D eigenvalue weighted by Gasteiger charge is -2.28. The van der Waals surface area contributed by atoms with Crippen LogP contribution in [-0.4, -0.2) is 36.1 Å². The second-order valence-corrected chi connectivity index (χ2v) is 8.29. The van der Waals surface area contributed by atoms with Crippen LogP contribution in [0.15, 0.2) is 48.5 Å². The van der Waals surface area contributed by atoms with Crippen LogP contribution in [0.2, 0.25) is 0 Å². The molecular formula is C25H30N2O4. The van der Waals surface area contributed by atoms with Gasteiger partial charge in [-0.1, -0.05) is 31.2 Å². The van der Waals surface area contributed by atoms with E-state index >= 15 is 0 Å². The van der Waals surface area contributed by atoms with E-state index in [1.165, 1.54) is 17.9 Å². The first-order valence-electron chi connectivity index (χ1n) is 11.1. The number of amides is 2. The minimum atomic E-state index is -0.270. The summed E-state index contributed by atoms with van der Waals surface area (Å²) in [4.78, 5) is 25.5. The Morgan fingerprint density at radius 2 is 1.84 bits per heavy atom. The Hall–Kier alpha value is -3.02. The quantitative estimate of drug-likeness (QED) is 0.716. The monoisotopic (exact) mass is 422 g/mol. The Morgan fingerprint density at radius 1 is 1.10 bits per heavy atom. The summed E-state index contributed by atoms with van der Waals surface area (Å²) in [5, 5.41) is 1.52. The van der Waals surface area contributed by atoms with E-state index in [4.69, 9.17) is 9.47 Å². The molecule has 164 valence electrons. The zero-order valence-electron chi connectivity index (χ0n) is 18.2. The van der Waals surface area contributed by atoms with Crippen molar-refractivity contribution >= 4 is 11.8 Å². The van der Waals surface area contributed by atoms with Gasteiger partial charge in [0.25, 0.3) is 5.91 Å². The van der Waals surface area contributed by atoms with Gasteiger partial charge < -0.3 is 9.47 Å². The minimum Gasteiger partial charge on any atom is -0.493 e. The molecule has 1 saturated carbocycles. The first kappa shape index (κ1) is 21.2. The van der Waals surface area contributed by atoms with Gasteiger partial charge >= 0.3 is 0 Å². The number of hydrogen-bond acceptors (Lipinski definition) is 4. The van der Waals surface area contributed by atoms with Crippen molar-refractivity contribution < 1.29 is 19.1 Å². The highest BCUT2D eigenvalue weighted by atomic mass is 16.5. The van der Waals surface area contributed by atoms with Gasteiger partial charge in [0.15, 0.2) is 11.5 Å². The van der Waals surface area contributed by atoms with Crippen LogP contribution in [0.5, 0.6) is 11.5 Å². The first-order chi connectivity index (χ1) is 15.1. The molecule has 2 aromatic carbocycles. The summed E-state index contributed by atoms with van der Waals surface area (Å²) in [6.07, 6.45) is 5.81. The molecule has 1 saturated heterocycles. The van der Waals surface area contributed by atoms with Crippen molar-refractivity contribution in [1.29, 1.82) is 0 Å². The maximum absolute atomic E-state index is 12.8. The predicted molar refractivity (Wildman–Crippen MR) is 118 cm³/mol. The van der Waals surface area contributed by atoms with Gasteiger partial charge in [0.05, 0.1) is 19.3 Å². The van der Waals surface area contributed by atoms with Gasteiger partial charge in [0.2, 0.25) is 5.91 Å². The van der Waals surface area contributed by atoms with Crippen LogP contribution >= 0.6 is 0 Å². The standard InChI is InChI=1S/C25H30N2O4/c1-3-21-20(16-24(28)27(21)26-25(29)17-9-5-4-6-10-17)18-13-14-22(30-2)23(15-18)31-19-11-7-8-12-19/h4-6,9-10,13-15,19-21H,3,7-8,11-12,16H2,1-2H3,(H,26,29)/t20-,21-/m0/s1. The third kappa shape index (κ3) is 4.53. The van der Waals surface area contributed by atoms with Crippen LogP contribution in [0.3, 0.4) is 0 Å². The van der Waals surface area contributed by atoms with E-state index < -0.39 is 0 Å². The molecule has 2 aromatic rings. The fraction of sp³-hybridized carbons (Fsp3) is 0.440. The highest BCUT2D eigenvalue weighted by molar-refractivity contribution is 5.95. The average Bonchev–Trinajstić information content (AvgIpc) is 3.42. The van der Waals surface area contributed by atoms with Crippen molar-refractivity contribution in [2.45, 2.75) is 63.5 Å². The molecule has 0 spiro atoms. The van der Waals surface area contributed by atoms with Crippen LogP contribution in [0.4, 0.5) is 0 Å². The number of ether oxygens (including phenoxy) is 2. The van der Waals surface area contributed by atoms with E-state index in [0.717, 1.165) is 30.6 Å². The van der Waals surface area contributed by atoms with E-state index in [-0.39, 0.29) is 29.9 Å². The molecule has 0 radical (unpaired) electrons. The van der Waals surface area contributed by atoms with E-state index in [9.17, 15) is 9.59 Å². The minimum absolute atomic E-state index is 0.0228. The summed E-state index contributed by atoms with van der Waals surface area (Å²) in [5.74, 6) is 1.08. The molecule has 1 aliphatic carbocycles. The maximum Gasteiger partial charge on any atom is 0.269 e. The Morgan fingerprint density at radius 3 is 2.52 bits per heavy atom. The molecule has 1 aliphatic heterocycles. The fourth-order valence-electron chi connectivity index (χ4n) is 4.71. The highest BCUT2D eigenvalue weighted by Crippen LogP contribution is 2.40. The predicted octanol–water partition coefficient (Wildman–Crippen LogP) is 4.46. The summed E-state index contributed by atoms with van der Waals surface area (Å²) in [5.41, 5.74) is 4.40. The van der Waals surface area contributed by atoms with Crippen molar-refractivity contribution in [3.8, 4) is 11.5 Å². The molecule has 31 heavy (non-hydrogen) atoms. The molecule has 0 bridgehead atoms. The normalized spacial score (nSPS) is 21.4. The Kier molecular flexibility index (Phi) is 6.44. The number of methoxy groups -OCH3 is 1. The molecule has 2 amide bonds. The molecule has 2 fully saturated rings. The van der Waals surface area contributed by atoms with Crippen LogP contribution < -0.4 is 14.9 Å². The number of nitrogens with zero attached hydrogens (tertiary/aromatic N) is 1. The van der Waals surface area contributed by atoms with E-state index in [0.29, 0.717) is 17.7 Å². The van der Waals surface area contributed by atoms with Gasteiger partial charge in [-0.05, 0) is 61.9 Å². The van der Waals surface area contributed by atoms with E-state index in [2.05, 4.69) is 5.43 Å². The summed E-state index contributed by atoms with van der Waals surface area (Å²) in [6, 6.07) is 14.8. The highest BCUT2D eigenvalue weighted by Gasteiger charge is 2.41. The second-order valence-electron chi connectivity index (χ2n) is 8.29. The Bertz CT molecular complexity index is 924. The smallest absolute Gasteiger partial charge is 0.269 e. The lowest BCUT2D eigenvalue weighted by atomic mass is 9.90. The maximum atomic E-state index is 12.8. The van der Waals surface area contributed by atoms with E-state index in [1.54, 1.807) is 19.2 Å². The fourth-order valence-corrected chi connectivity index (χ4v) is 4.71. The zero-order valence-corrected chi connectivity index (χ0v) is 18.2. The van der Waals surface area contributed by atoms with Crippen LogP contribution in [-0.2, 0) is 4.79 Å². The third-order valence-corrected chi connectivity index (χ3v) is 6.35. The van der Waals surface area contributed by atoms with Gasteiger partial charge in [-0.2, -0.15) is 0 Å². The molecule has 1 N–H and O–H groups in total. The number of carbonyl (C=O) groups excluding carboxylic acids is 2. The lowest BCUT2D eigenvalue weighted by molar-refractivity contribution is -0.131. The summed E-state index contributed by atoms with van der Waals surface area (Å²) >= 11 is 0. The molecule has 6 nitrogen and oxygen atoms in total. The van der Waals surface area contributed by atoms with Gasteiger partial charge in [-0.3, -0.25) is 20.0 Å². The van der Waals surface area contributed by atoms with Crippen molar-refractivity contribution in [1.82, 2.24) is 10.4 Å². The van der Waals surface area contributed by atoms with Crippen molar-refractivity contribution in [2.24, 2.45) is 0 Å². The summed E-state index contributed by atoms with van der Waals surface area (Å²) < 4.78 is 11.8. The van der Waals surface area contributed by atoms with Crippen LogP contribution in [0.25, 0.3) is 0 Å². The Balaban J connectivity index is 1.55. The molecule has 2 atom stereocenters. The van der Waals surface area contributed by atoms with E-state index in [1.807, 2.05) is 43.3 Å². The molecule has 0 aromatic heterocycles. The zero-order chi connectivity index (χ0) is 21.8. The van der Waals surface area contributed by atoms with Gasteiger partial charge in [0.1, 0.15) is 0 Å². The SMILES string of the molecule is CC[C@H]1[C@H](c2ccc(OC)c(OC3CCCC3)c2)CC(=O)N1NC(=O)c1ccccc1. The average molecular weight is 423 g/mol. The van der Waals surface area contributed by atoms with Crippen molar-refractivity contribution in [3.63, 3.8) is 0 Å². The van der Waals surface area contributed by atoms with Crippen molar-refractivity contribution in [2.75, 3.05) is 7.11 Å². The summed E-state index contributed by atoms with van der Waals surface area (Å²) in [6.45, 7) is 2.04. The largest absolute Gasteiger partial charge is 0.493 e. The summed E-state index contributed by atoms with van der Waals surface area (Å²) in [7, 11) is 1.64. The Labute approximate surface area is 183 Å². The number of hydrogen-bond donors (Lipinski definition) is 1. The first-order valence-corrected chi connectivity index (χ1v) is 11.1. The molecule has 1 heterocycles. The number of benzene rings is 2. The topological polar surface area (TPSA) is 67.9 Å². The van der Waals surface area contributed by atoms with Crippen LogP contribution in [0.1, 0.15) is 67.3 Å². The molecule has 0 unspecified atom stereocenters. The molecular weight excluding hydrogens is 392 g/mol. The lowest BCUT2D eigenvalue weighted by Crippen LogP contribution is -2.48. The number of hydrazine groups is 1. The van der Waals surface area contributed by atoms with Gasteiger partial charge in [0, 0.05) is 17.9 Å². The molecule has 2 aliphatic rings. The van der Waals surface area contributed by atoms with Crippen molar-refractivity contribution in [3.05, 3.63) is 59.7 Å². The number of carbonyl (C=O) groups is 2. The third-order valence-electron chi connectivity index (χ3n) is 6.35. The molecule has 4 rings (SSSR count). The van der Waals surface area contributed by atoms with Gasteiger partial charge in [-0.15, -0.1) is 0 Å². The number of nitrogens with one attached hydrogen (secondary N) is 1. The number of rotatable bonds is 7.